The maximum Gasteiger partial charge on any atom is 0.433 e. The van der Waals surface area contributed by atoms with Crippen molar-refractivity contribution >= 4 is 22.5 Å². The number of hydrogen-bond acceptors (Lipinski definition) is 4. The van der Waals surface area contributed by atoms with Gasteiger partial charge in [-0.05, 0) is 55.8 Å². The molecule has 1 saturated heterocycles. The smallest absolute Gasteiger partial charge is 0.366 e. The molecule has 3 aromatic rings. The van der Waals surface area contributed by atoms with E-state index in [2.05, 4.69) is 15.3 Å². The number of carbonyl (C=O) groups excluding carboxylic acids is 1. The van der Waals surface area contributed by atoms with Gasteiger partial charge in [0.2, 0.25) is 0 Å². The number of carbonyl (C=O) groups is 1. The second-order valence-corrected chi connectivity index (χ2v) is 7.29. The number of hydrogen-bond donors (Lipinski definition) is 1. The molecule has 0 bridgehead atoms. The van der Waals surface area contributed by atoms with Gasteiger partial charge in [0.15, 0.2) is 0 Å². The number of aromatic nitrogens is 2. The Morgan fingerprint density at radius 2 is 1.90 bits per heavy atom. The van der Waals surface area contributed by atoms with Crippen LogP contribution in [-0.4, -0.2) is 35.0 Å². The van der Waals surface area contributed by atoms with Gasteiger partial charge in [0.25, 0.3) is 5.91 Å². The van der Waals surface area contributed by atoms with Crippen molar-refractivity contribution in [3.05, 3.63) is 65.1 Å². The molecule has 3 heterocycles. The van der Waals surface area contributed by atoms with Crippen LogP contribution in [0.5, 0.6) is 0 Å². The molecule has 0 unspecified atom stereocenters. The number of amides is 1. The van der Waals surface area contributed by atoms with Crippen LogP contribution in [0.2, 0.25) is 0 Å². The maximum atomic E-state index is 12.6. The van der Waals surface area contributed by atoms with Crippen molar-refractivity contribution in [3.63, 3.8) is 0 Å². The first-order valence-electron chi connectivity index (χ1n) is 9.18. The molecule has 0 saturated carbocycles. The van der Waals surface area contributed by atoms with Gasteiger partial charge in [0.05, 0.1) is 23.4 Å². The van der Waals surface area contributed by atoms with Crippen molar-refractivity contribution in [2.24, 2.45) is 0 Å². The minimum absolute atomic E-state index is 0.0715. The molecule has 1 aromatic carbocycles. The quantitative estimate of drug-likeness (QED) is 0.725. The summed E-state index contributed by atoms with van der Waals surface area (Å²) in [7, 11) is 0. The normalized spacial score (nSPS) is 14.7. The van der Waals surface area contributed by atoms with E-state index >= 15 is 0 Å². The molecule has 0 spiro atoms. The molecule has 0 atom stereocenters. The van der Waals surface area contributed by atoms with Gasteiger partial charge in [-0.1, -0.05) is 0 Å². The third-order valence-electron chi connectivity index (χ3n) is 5.03. The van der Waals surface area contributed by atoms with Crippen LogP contribution < -0.4 is 10.2 Å². The Labute approximate surface area is 165 Å². The Kier molecular flexibility index (Phi) is 4.64. The summed E-state index contributed by atoms with van der Waals surface area (Å²) < 4.78 is 37.8. The lowest BCUT2D eigenvalue weighted by atomic mass is 10.0. The lowest BCUT2D eigenvalue weighted by molar-refractivity contribution is -0.141. The minimum Gasteiger partial charge on any atom is -0.366 e. The number of fused-ring (bicyclic) bond motifs is 1. The molecular weight excluding hydrogens is 381 g/mol. The highest BCUT2D eigenvalue weighted by Gasteiger charge is 2.33. The van der Waals surface area contributed by atoms with Crippen LogP contribution in [0.25, 0.3) is 10.9 Å². The van der Waals surface area contributed by atoms with Gasteiger partial charge < -0.3 is 10.2 Å². The summed E-state index contributed by atoms with van der Waals surface area (Å²) in [6.45, 7) is 4.96. The van der Waals surface area contributed by atoms with Gasteiger partial charge >= 0.3 is 6.18 Å². The average Bonchev–Trinajstić information content (AvgIpc) is 2.63. The maximum absolute atomic E-state index is 12.6. The summed E-state index contributed by atoms with van der Waals surface area (Å²) in [5, 5.41) is 3.90. The number of alkyl halides is 3. The first kappa shape index (κ1) is 19.2. The number of nitrogens with zero attached hydrogens (tertiary/aromatic N) is 3. The van der Waals surface area contributed by atoms with Crippen molar-refractivity contribution in [1.82, 2.24) is 15.3 Å². The van der Waals surface area contributed by atoms with E-state index in [0.717, 1.165) is 28.2 Å². The number of halogens is 3. The predicted octanol–water partition coefficient (Wildman–Crippen LogP) is 3.88. The molecule has 5 nitrogen and oxygen atoms in total. The summed E-state index contributed by atoms with van der Waals surface area (Å²) in [6, 6.07) is 9.70. The molecule has 1 amide bonds. The molecule has 1 aliphatic heterocycles. The van der Waals surface area contributed by atoms with Crippen LogP contribution in [0.4, 0.5) is 18.9 Å². The average molecular weight is 400 g/mol. The highest BCUT2D eigenvalue weighted by molar-refractivity contribution is 5.98. The Morgan fingerprint density at radius 1 is 1.14 bits per heavy atom. The second kappa shape index (κ2) is 7.02. The van der Waals surface area contributed by atoms with Crippen molar-refractivity contribution in [3.8, 4) is 0 Å². The zero-order valence-corrected chi connectivity index (χ0v) is 15.9. The highest BCUT2D eigenvalue weighted by Crippen LogP contribution is 2.29. The van der Waals surface area contributed by atoms with Crippen LogP contribution in [0.3, 0.4) is 0 Å². The SMILES string of the molecule is Cc1cc(C)c2cc(C(=O)NC3CN(c4ccc(C(F)(F)F)nc4)C3)ccc2n1. The summed E-state index contributed by atoms with van der Waals surface area (Å²) >= 11 is 0. The summed E-state index contributed by atoms with van der Waals surface area (Å²) in [4.78, 5) is 22.4. The first-order valence-corrected chi connectivity index (χ1v) is 9.18. The van der Waals surface area contributed by atoms with Crippen LogP contribution in [-0.2, 0) is 6.18 Å². The van der Waals surface area contributed by atoms with E-state index < -0.39 is 11.9 Å². The molecule has 1 aliphatic rings. The third kappa shape index (κ3) is 3.87. The zero-order chi connectivity index (χ0) is 20.8. The van der Waals surface area contributed by atoms with Crippen LogP contribution in [0.1, 0.15) is 27.3 Å². The van der Waals surface area contributed by atoms with Crippen LogP contribution in [0.15, 0.2) is 42.6 Å². The van der Waals surface area contributed by atoms with E-state index in [4.69, 9.17) is 0 Å². The van der Waals surface area contributed by atoms with Gasteiger partial charge in [-0.2, -0.15) is 13.2 Å². The van der Waals surface area contributed by atoms with Crippen molar-refractivity contribution in [2.45, 2.75) is 26.1 Å². The monoisotopic (exact) mass is 400 g/mol. The third-order valence-corrected chi connectivity index (χ3v) is 5.03. The molecule has 1 fully saturated rings. The Balaban J connectivity index is 1.39. The Hall–Kier alpha value is -3.16. The fourth-order valence-electron chi connectivity index (χ4n) is 3.49. The van der Waals surface area contributed by atoms with Crippen molar-refractivity contribution in [1.29, 1.82) is 0 Å². The zero-order valence-electron chi connectivity index (χ0n) is 15.9. The summed E-state index contributed by atoms with van der Waals surface area (Å²) in [5.74, 6) is -0.179. The van der Waals surface area contributed by atoms with Gasteiger partial charge in [0, 0.05) is 29.7 Å². The number of anilines is 1. The molecule has 0 aliphatic carbocycles. The lowest BCUT2D eigenvalue weighted by Crippen LogP contribution is -2.59. The standard InChI is InChI=1S/C21H19F3N4O/c1-12-7-13(2)26-18-5-3-14(8-17(12)18)20(29)27-15-10-28(11-15)16-4-6-19(25-9-16)21(22,23)24/h3-9,15H,10-11H2,1-2H3,(H,27,29). The lowest BCUT2D eigenvalue weighted by Gasteiger charge is -2.41. The second-order valence-electron chi connectivity index (χ2n) is 7.29. The van der Waals surface area contributed by atoms with Crippen LogP contribution >= 0.6 is 0 Å². The molecule has 29 heavy (non-hydrogen) atoms. The van der Waals surface area contributed by atoms with E-state index in [-0.39, 0.29) is 11.9 Å². The summed E-state index contributed by atoms with van der Waals surface area (Å²) in [6.07, 6.45) is -3.24. The largest absolute Gasteiger partial charge is 0.433 e. The minimum atomic E-state index is -4.45. The molecule has 150 valence electrons. The summed E-state index contributed by atoms with van der Waals surface area (Å²) in [5.41, 5.74) is 3.09. The number of pyridine rings is 2. The highest BCUT2D eigenvalue weighted by atomic mass is 19.4. The number of rotatable bonds is 3. The number of benzene rings is 1. The molecule has 2 aromatic heterocycles. The van der Waals surface area contributed by atoms with Gasteiger partial charge in [0.1, 0.15) is 5.69 Å². The van der Waals surface area contributed by atoms with Crippen molar-refractivity contribution in [2.75, 3.05) is 18.0 Å². The van der Waals surface area contributed by atoms with Gasteiger partial charge in [-0.15, -0.1) is 0 Å². The van der Waals surface area contributed by atoms with Gasteiger partial charge in [-0.25, -0.2) is 4.98 Å². The van der Waals surface area contributed by atoms with E-state index in [1.807, 2.05) is 36.9 Å². The van der Waals surface area contributed by atoms with E-state index in [1.165, 1.54) is 12.3 Å². The fraction of sp³-hybridized carbons (Fsp3) is 0.286. The first-order chi connectivity index (χ1) is 13.7. The number of nitrogens with one attached hydrogen (secondary N) is 1. The van der Waals surface area contributed by atoms with Crippen LogP contribution in [0, 0.1) is 13.8 Å². The van der Waals surface area contributed by atoms with E-state index in [1.54, 1.807) is 6.07 Å². The molecule has 0 radical (unpaired) electrons. The molecule has 1 N–H and O–H groups in total. The van der Waals surface area contributed by atoms with E-state index in [9.17, 15) is 18.0 Å². The predicted molar refractivity (Wildman–Crippen MR) is 104 cm³/mol. The fourth-order valence-corrected chi connectivity index (χ4v) is 3.49. The van der Waals surface area contributed by atoms with E-state index in [0.29, 0.717) is 24.3 Å². The number of aryl methyl sites for hydroxylation is 2. The molecule has 8 heteroatoms. The van der Waals surface area contributed by atoms with Gasteiger partial charge in [-0.3, -0.25) is 9.78 Å². The Morgan fingerprint density at radius 3 is 2.55 bits per heavy atom. The molecular formula is C21H19F3N4O. The Bertz CT molecular complexity index is 1070. The van der Waals surface area contributed by atoms with Crippen molar-refractivity contribution < 1.29 is 18.0 Å². The topological polar surface area (TPSA) is 58.1 Å². The molecule has 4 rings (SSSR count).